The summed E-state index contributed by atoms with van der Waals surface area (Å²) < 4.78 is 16.8. The molecular formula is C61H100O6. The Morgan fingerprint density at radius 3 is 1.12 bits per heavy atom. The van der Waals surface area contributed by atoms with Crippen LogP contribution >= 0.6 is 0 Å². The number of allylic oxidation sites excluding steroid dienone is 18. The van der Waals surface area contributed by atoms with Crippen LogP contribution in [-0.2, 0) is 28.6 Å². The SMILES string of the molecule is CC/C=C\C/C=C\C/C=C\CCCCCCCCC(=O)OC(COC(=O)CCCCCCC\C=C/C=C\C=C/C=C\C=C/CCC)COC(=O)CCCCCCCCC/C=C\CCCCCC. The molecule has 6 heteroatoms. The first-order valence-corrected chi connectivity index (χ1v) is 27.5. The van der Waals surface area contributed by atoms with E-state index in [4.69, 9.17) is 14.2 Å². The van der Waals surface area contributed by atoms with Crippen molar-refractivity contribution in [3.05, 3.63) is 109 Å². The lowest BCUT2D eigenvalue weighted by Crippen LogP contribution is -2.30. The third-order valence-electron chi connectivity index (χ3n) is 11.3. The first-order chi connectivity index (χ1) is 33.0. The molecule has 1 atom stereocenters. The van der Waals surface area contributed by atoms with Crippen molar-refractivity contribution in [3.63, 3.8) is 0 Å². The molecule has 1 unspecified atom stereocenters. The van der Waals surface area contributed by atoms with E-state index in [0.29, 0.717) is 19.3 Å². The van der Waals surface area contributed by atoms with Crippen LogP contribution in [0.5, 0.6) is 0 Å². The van der Waals surface area contributed by atoms with Crippen molar-refractivity contribution >= 4 is 17.9 Å². The fourth-order valence-corrected chi connectivity index (χ4v) is 7.25. The fraction of sp³-hybridized carbons (Fsp3) is 0.656. The van der Waals surface area contributed by atoms with Gasteiger partial charge < -0.3 is 14.2 Å². The Bertz CT molecular complexity index is 1390. The molecule has 67 heavy (non-hydrogen) atoms. The van der Waals surface area contributed by atoms with E-state index in [2.05, 4.69) is 106 Å². The Kier molecular flexibility index (Phi) is 51.5. The van der Waals surface area contributed by atoms with Gasteiger partial charge in [-0.2, -0.15) is 0 Å². The van der Waals surface area contributed by atoms with E-state index in [1.165, 1.54) is 83.5 Å². The van der Waals surface area contributed by atoms with Gasteiger partial charge in [0, 0.05) is 19.3 Å². The number of ether oxygens (including phenoxy) is 3. The number of hydrogen-bond acceptors (Lipinski definition) is 6. The topological polar surface area (TPSA) is 78.9 Å². The van der Waals surface area contributed by atoms with Gasteiger partial charge in [0.2, 0.25) is 0 Å². The lowest BCUT2D eigenvalue weighted by Gasteiger charge is -2.18. The van der Waals surface area contributed by atoms with Gasteiger partial charge >= 0.3 is 17.9 Å². The highest BCUT2D eigenvalue weighted by Gasteiger charge is 2.19. The third-order valence-corrected chi connectivity index (χ3v) is 11.3. The summed E-state index contributed by atoms with van der Waals surface area (Å²) in [6, 6.07) is 0. The largest absolute Gasteiger partial charge is 0.462 e. The summed E-state index contributed by atoms with van der Waals surface area (Å²) in [4.78, 5) is 38.1. The van der Waals surface area contributed by atoms with Gasteiger partial charge in [0.1, 0.15) is 13.2 Å². The minimum absolute atomic E-state index is 0.0959. The standard InChI is InChI=1S/C61H100O6/c1-4-7-10-13-16-19-22-25-28-30-31-34-36-39-42-45-48-51-54-60(63)66-57-58(56-65-59(62)53-50-47-44-41-38-35-32-27-24-21-18-15-12-9-6-3)67-61(64)55-52-49-46-43-40-37-33-29-26-23-20-17-14-11-8-5-2/h8,10-11,13,16-17,19-22,24-26,28-31,34,58H,4-7,9,12,14-15,18,23,27,32-33,35-57H2,1-3H3/b11-8-,13-10-,19-16-,20-17-,24-21-,25-22-,29-26-,30-28-,34-31-. The second kappa shape index (κ2) is 54.7. The molecule has 0 aromatic rings. The number of esters is 3. The number of unbranched alkanes of at least 4 members (excludes halogenated alkanes) is 23. The highest BCUT2D eigenvalue weighted by molar-refractivity contribution is 5.71. The first kappa shape index (κ1) is 63.1. The van der Waals surface area contributed by atoms with Crippen molar-refractivity contribution in [1.29, 1.82) is 0 Å². The van der Waals surface area contributed by atoms with Crippen molar-refractivity contribution in [2.45, 2.75) is 245 Å². The van der Waals surface area contributed by atoms with Crippen LogP contribution in [0.1, 0.15) is 239 Å². The molecule has 0 spiro atoms. The van der Waals surface area contributed by atoms with Crippen LogP contribution < -0.4 is 0 Å². The average Bonchev–Trinajstić information content (AvgIpc) is 3.33. The van der Waals surface area contributed by atoms with Gasteiger partial charge in [-0.25, -0.2) is 0 Å². The maximum Gasteiger partial charge on any atom is 0.306 e. The normalized spacial score (nSPS) is 12.9. The third kappa shape index (κ3) is 52.9. The number of rotatable bonds is 48. The molecule has 0 fully saturated rings. The van der Waals surface area contributed by atoms with E-state index >= 15 is 0 Å². The molecule has 380 valence electrons. The van der Waals surface area contributed by atoms with Crippen LogP contribution in [-0.4, -0.2) is 37.2 Å². The molecule has 0 aromatic carbocycles. The van der Waals surface area contributed by atoms with Gasteiger partial charge in [-0.15, -0.1) is 0 Å². The van der Waals surface area contributed by atoms with Crippen LogP contribution in [0.3, 0.4) is 0 Å². The maximum atomic E-state index is 12.8. The molecule has 0 heterocycles. The fourth-order valence-electron chi connectivity index (χ4n) is 7.25. The van der Waals surface area contributed by atoms with E-state index in [1.807, 2.05) is 24.3 Å². The van der Waals surface area contributed by atoms with E-state index in [1.54, 1.807) is 0 Å². The molecule has 0 saturated heterocycles. The monoisotopic (exact) mass is 929 g/mol. The van der Waals surface area contributed by atoms with Gasteiger partial charge in [-0.05, 0) is 96.3 Å². The summed E-state index contributed by atoms with van der Waals surface area (Å²) in [7, 11) is 0. The van der Waals surface area contributed by atoms with Crippen LogP contribution in [0.25, 0.3) is 0 Å². The van der Waals surface area contributed by atoms with E-state index in [0.717, 1.165) is 116 Å². The van der Waals surface area contributed by atoms with Gasteiger partial charge in [0.15, 0.2) is 6.10 Å². The minimum atomic E-state index is -0.800. The van der Waals surface area contributed by atoms with Crippen molar-refractivity contribution in [3.8, 4) is 0 Å². The van der Waals surface area contributed by atoms with Crippen LogP contribution in [0.15, 0.2) is 109 Å². The van der Waals surface area contributed by atoms with Crippen LogP contribution in [0.2, 0.25) is 0 Å². The maximum absolute atomic E-state index is 12.8. The van der Waals surface area contributed by atoms with Gasteiger partial charge in [0.25, 0.3) is 0 Å². The zero-order valence-corrected chi connectivity index (χ0v) is 43.4. The first-order valence-electron chi connectivity index (χ1n) is 27.5. The molecule has 0 aromatic heterocycles. The molecule has 0 amide bonds. The second-order valence-corrected chi connectivity index (χ2v) is 17.9. The Labute approximate surface area is 412 Å². The Morgan fingerprint density at radius 1 is 0.328 bits per heavy atom. The number of hydrogen-bond donors (Lipinski definition) is 0. The molecule has 0 aliphatic heterocycles. The summed E-state index contributed by atoms with van der Waals surface area (Å²) in [5, 5.41) is 0. The highest BCUT2D eigenvalue weighted by Crippen LogP contribution is 2.14. The molecule has 0 rings (SSSR count). The molecule has 0 bridgehead atoms. The quantitative estimate of drug-likeness (QED) is 0.0199. The van der Waals surface area contributed by atoms with E-state index in [-0.39, 0.29) is 31.1 Å². The summed E-state index contributed by atoms with van der Waals surface area (Å²) in [5.41, 5.74) is 0. The average molecular weight is 929 g/mol. The van der Waals surface area contributed by atoms with Crippen molar-refractivity contribution in [1.82, 2.24) is 0 Å². The van der Waals surface area contributed by atoms with Crippen molar-refractivity contribution < 1.29 is 28.6 Å². The molecular weight excluding hydrogens is 829 g/mol. The highest BCUT2D eigenvalue weighted by atomic mass is 16.6. The predicted octanol–water partition coefficient (Wildman–Crippen LogP) is 18.3. The molecule has 0 radical (unpaired) electrons. The van der Waals surface area contributed by atoms with E-state index < -0.39 is 6.10 Å². The molecule has 0 aliphatic rings. The zero-order valence-electron chi connectivity index (χ0n) is 43.4. The molecule has 6 nitrogen and oxygen atoms in total. The number of carbonyl (C=O) groups excluding carboxylic acids is 3. The van der Waals surface area contributed by atoms with Crippen molar-refractivity contribution in [2.75, 3.05) is 13.2 Å². The second-order valence-electron chi connectivity index (χ2n) is 17.9. The van der Waals surface area contributed by atoms with E-state index in [9.17, 15) is 14.4 Å². The van der Waals surface area contributed by atoms with Crippen LogP contribution in [0, 0.1) is 0 Å². The molecule has 0 aliphatic carbocycles. The van der Waals surface area contributed by atoms with Crippen molar-refractivity contribution in [2.24, 2.45) is 0 Å². The zero-order chi connectivity index (χ0) is 48.6. The Morgan fingerprint density at radius 2 is 0.672 bits per heavy atom. The lowest BCUT2D eigenvalue weighted by atomic mass is 10.1. The van der Waals surface area contributed by atoms with Gasteiger partial charge in [0.05, 0.1) is 0 Å². The molecule has 0 saturated carbocycles. The molecule has 0 N–H and O–H groups in total. The lowest BCUT2D eigenvalue weighted by molar-refractivity contribution is -0.167. The van der Waals surface area contributed by atoms with Crippen LogP contribution in [0.4, 0.5) is 0 Å². The summed E-state index contributed by atoms with van der Waals surface area (Å²) >= 11 is 0. The number of carbonyl (C=O) groups is 3. The van der Waals surface area contributed by atoms with Gasteiger partial charge in [-0.3, -0.25) is 14.4 Å². The summed E-state index contributed by atoms with van der Waals surface area (Å²) in [6.45, 7) is 6.39. The summed E-state index contributed by atoms with van der Waals surface area (Å²) in [5.74, 6) is -0.940. The summed E-state index contributed by atoms with van der Waals surface area (Å²) in [6.07, 6.45) is 73.5. The van der Waals surface area contributed by atoms with Gasteiger partial charge in [-0.1, -0.05) is 233 Å². The Hall–Kier alpha value is -3.93. The Balaban J connectivity index is 4.49. The minimum Gasteiger partial charge on any atom is -0.462 e. The predicted molar refractivity (Wildman–Crippen MR) is 288 cm³/mol. The smallest absolute Gasteiger partial charge is 0.306 e.